The number of nitrogens with zero attached hydrogens (tertiary/aromatic N) is 2. The number of halogens is 2. The normalized spacial score (nSPS) is 16.9. The third kappa shape index (κ3) is 6.85. The summed E-state index contributed by atoms with van der Waals surface area (Å²) in [7, 11) is 3.66. The van der Waals surface area contributed by atoms with E-state index in [1.807, 2.05) is 53.7 Å². The van der Waals surface area contributed by atoms with Crippen molar-refractivity contribution >= 4 is 47.8 Å². The molecule has 0 radical (unpaired) electrons. The highest BCUT2D eigenvalue weighted by Crippen LogP contribution is 2.32. The number of aromatic nitrogens is 1. The molecule has 1 saturated carbocycles. The van der Waals surface area contributed by atoms with Gasteiger partial charge in [0.1, 0.15) is 11.4 Å². The van der Waals surface area contributed by atoms with Crippen LogP contribution in [0.1, 0.15) is 58.3 Å². The number of hydrogen-bond donors (Lipinski definition) is 1. The van der Waals surface area contributed by atoms with Crippen molar-refractivity contribution in [2.24, 2.45) is 0 Å². The van der Waals surface area contributed by atoms with E-state index in [2.05, 4.69) is 16.4 Å². The summed E-state index contributed by atoms with van der Waals surface area (Å²) < 4.78 is 5.68. The van der Waals surface area contributed by atoms with E-state index >= 15 is 0 Å². The Morgan fingerprint density at radius 3 is 2.42 bits per heavy atom. The Morgan fingerprint density at radius 2 is 1.81 bits per heavy atom. The van der Waals surface area contributed by atoms with Gasteiger partial charge in [-0.15, -0.1) is 36.2 Å². The predicted molar refractivity (Wildman–Crippen MR) is 150 cm³/mol. The molecule has 1 aliphatic rings. The molecule has 1 aromatic carbocycles. The minimum atomic E-state index is -0.0690. The molecule has 4 rings (SSSR count). The maximum absolute atomic E-state index is 13.6. The number of nitrogens with one attached hydrogen (secondary N) is 1. The summed E-state index contributed by atoms with van der Waals surface area (Å²) in [4.78, 5) is 32.3. The average Bonchev–Trinajstić information content (AvgIpc) is 3.42. The van der Waals surface area contributed by atoms with Crippen LogP contribution in [0.25, 0.3) is 11.1 Å². The number of amides is 1. The van der Waals surface area contributed by atoms with Gasteiger partial charge in [0.25, 0.3) is 5.91 Å². The maximum atomic E-state index is 13.6. The van der Waals surface area contributed by atoms with Crippen LogP contribution in [0.3, 0.4) is 0 Å². The highest BCUT2D eigenvalue weighted by atomic mass is 35.5. The molecular formula is C27H33Cl2N3O3S. The van der Waals surface area contributed by atoms with Gasteiger partial charge in [0.05, 0.1) is 12.0 Å². The molecule has 0 bridgehead atoms. The average molecular weight is 551 g/mol. The lowest BCUT2D eigenvalue weighted by Crippen LogP contribution is -2.44. The topological polar surface area (TPSA) is 71.5 Å². The Balaban J connectivity index is 0.00000228. The molecule has 0 saturated heterocycles. The molecule has 1 N–H and O–H groups in total. The number of rotatable bonds is 8. The van der Waals surface area contributed by atoms with E-state index in [0.717, 1.165) is 53.0 Å². The zero-order chi connectivity index (χ0) is 24.1. The van der Waals surface area contributed by atoms with Crippen LogP contribution in [0.15, 0.2) is 54.0 Å². The third-order valence-electron chi connectivity index (χ3n) is 6.61. The van der Waals surface area contributed by atoms with Crippen molar-refractivity contribution in [2.45, 2.75) is 51.2 Å². The Hall–Kier alpha value is -2.45. The van der Waals surface area contributed by atoms with E-state index in [-0.39, 0.29) is 42.5 Å². The first kappa shape index (κ1) is 29.8. The number of hydrogen-bond acceptors (Lipinski definition) is 6. The van der Waals surface area contributed by atoms with E-state index in [1.54, 1.807) is 13.3 Å². The molecule has 6 nitrogen and oxygen atoms in total. The quantitative estimate of drug-likeness (QED) is 0.347. The van der Waals surface area contributed by atoms with E-state index in [1.165, 1.54) is 18.3 Å². The molecule has 2 heterocycles. The maximum Gasteiger partial charge on any atom is 0.264 e. The van der Waals surface area contributed by atoms with Gasteiger partial charge in [0.2, 0.25) is 0 Å². The minimum absolute atomic E-state index is 0. The van der Waals surface area contributed by atoms with Crippen molar-refractivity contribution in [1.29, 1.82) is 0 Å². The van der Waals surface area contributed by atoms with Gasteiger partial charge in [-0.25, -0.2) is 0 Å². The number of methoxy groups -OCH3 is 1. The minimum Gasteiger partial charge on any atom is -0.496 e. The number of thiophene rings is 1. The van der Waals surface area contributed by atoms with Crippen LogP contribution in [0.4, 0.5) is 0 Å². The van der Waals surface area contributed by atoms with Crippen molar-refractivity contribution in [1.82, 2.24) is 15.2 Å². The van der Waals surface area contributed by atoms with Crippen LogP contribution < -0.4 is 10.1 Å². The van der Waals surface area contributed by atoms with E-state index in [0.29, 0.717) is 18.3 Å². The monoisotopic (exact) mass is 549 g/mol. The molecule has 3 aromatic rings. The lowest BCUT2D eigenvalue weighted by atomic mass is 9.89. The van der Waals surface area contributed by atoms with Crippen LogP contribution in [-0.2, 0) is 6.54 Å². The molecule has 1 aliphatic carbocycles. The smallest absolute Gasteiger partial charge is 0.264 e. The fraction of sp³-hybridized carbons (Fsp3) is 0.370. The number of ketones is 1. The SMILES string of the molecule is CNC1CCC(N(Cc2cc(-c3ccnc(C(C)=O)c3)ccc2OC)C(=O)c2cccs2)CC1.Cl.Cl. The van der Waals surface area contributed by atoms with E-state index < -0.39 is 0 Å². The highest BCUT2D eigenvalue weighted by Gasteiger charge is 2.30. The molecular weight excluding hydrogens is 517 g/mol. The largest absolute Gasteiger partial charge is 0.496 e. The van der Waals surface area contributed by atoms with E-state index in [9.17, 15) is 9.59 Å². The van der Waals surface area contributed by atoms with Crippen molar-refractivity contribution in [3.05, 3.63) is 70.2 Å². The Bertz CT molecular complexity index is 1150. The van der Waals surface area contributed by atoms with Gasteiger partial charge in [0.15, 0.2) is 5.78 Å². The standard InChI is InChI=1S/C27H31N3O3S.2ClH/c1-18(31)24-16-20(12-13-29-24)19-6-11-25(33-3)21(15-19)17-30(27(32)26-5-4-14-34-26)23-9-7-22(28-2)8-10-23;;/h4-6,11-16,22-23,28H,7-10,17H2,1-3H3;2*1H. The molecule has 1 fully saturated rings. The second-order valence-corrected chi connectivity index (χ2v) is 9.66. The number of pyridine rings is 1. The van der Waals surface area contributed by atoms with Crippen molar-refractivity contribution in [3.63, 3.8) is 0 Å². The predicted octanol–water partition coefficient (Wildman–Crippen LogP) is 6.04. The molecule has 0 atom stereocenters. The summed E-state index contributed by atoms with van der Waals surface area (Å²) in [6.07, 6.45) is 5.70. The third-order valence-corrected chi connectivity index (χ3v) is 7.47. The Labute approximate surface area is 229 Å². The summed E-state index contributed by atoms with van der Waals surface area (Å²) in [5, 5.41) is 5.32. The van der Waals surface area contributed by atoms with Gasteiger partial charge in [0, 0.05) is 37.3 Å². The number of Topliss-reactive ketones (excluding diaryl/α,β-unsaturated/α-hetero) is 1. The van der Waals surface area contributed by atoms with Crippen LogP contribution >= 0.6 is 36.2 Å². The number of carbonyl (C=O) groups excluding carboxylic acids is 2. The zero-order valence-corrected chi connectivity index (χ0v) is 23.2. The van der Waals surface area contributed by atoms with Crippen LogP contribution in [0, 0.1) is 0 Å². The molecule has 1 amide bonds. The first-order chi connectivity index (χ1) is 16.5. The van der Waals surface area contributed by atoms with E-state index in [4.69, 9.17) is 4.74 Å². The second kappa shape index (κ2) is 13.7. The van der Waals surface area contributed by atoms with Crippen LogP contribution in [-0.4, -0.2) is 47.8 Å². The molecule has 2 aromatic heterocycles. The molecule has 9 heteroatoms. The van der Waals surface area contributed by atoms with Gasteiger partial charge in [-0.2, -0.15) is 0 Å². The molecule has 0 spiro atoms. The van der Waals surface area contributed by atoms with Crippen LogP contribution in [0.2, 0.25) is 0 Å². The summed E-state index contributed by atoms with van der Waals surface area (Å²) in [5.74, 6) is 0.746. The number of carbonyl (C=O) groups is 2. The Morgan fingerprint density at radius 1 is 1.08 bits per heavy atom. The second-order valence-electron chi connectivity index (χ2n) is 8.72. The highest BCUT2D eigenvalue weighted by molar-refractivity contribution is 7.12. The molecule has 0 aliphatic heterocycles. The van der Waals surface area contributed by atoms with Crippen molar-refractivity contribution in [2.75, 3.05) is 14.2 Å². The lowest BCUT2D eigenvalue weighted by Gasteiger charge is -2.37. The summed E-state index contributed by atoms with van der Waals surface area (Å²) in [5.41, 5.74) is 3.25. The summed E-state index contributed by atoms with van der Waals surface area (Å²) in [6.45, 7) is 1.98. The first-order valence-electron chi connectivity index (χ1n) is 11.7. The first-order valence-corrected chi connectivity index (χ1v) is 12.5. The fourth-order valence-corrected chi connectivity index (χ4v) is 5.33. The van der Waals surface area contributed by atoms with Gasteiger partial charge in [-0.3, -0.25) is 14.6 Å². The zero-order valence-electron chi connectivity index (χ0n) is 20.7. The number of ether oxygens (including phenoxy) is 1. The van der Waals surface area contributed by atoms with Gasteiger partial charge >= 0.3 is 0 Å². The number of benzene rings is 1. The molecule has 0 unspecified atom stereocenters. The van der Waals surface area contributed by atoms with Crippen molar-refractivity contribution < 1.29 is 14.3 Å². The summed E-state index contributed by atoms with van der Waals surface area (Å²) >= 11 is 1.48. The van der Waals surface area contributed by atoms with Gasteiger partial charge in [-0.1, -0.05) is 12.1 Å². The molecule has 36 heavy (non-hydrogen) atoms. The van der Waals surface area contributed by atoms with Crippen molar-refractivity contribution in [3.8, 4) is 16.9 Å². The fourth-order valence-electron chi connectivity index (χ4n) is 4.65. The Kier molecular flexibility index (Phi) is 11.4. The van der Waals surface area contributed by atoms with Gasteiger partial charge < -0.3 is 15.0 Å². The molecule has 194 valence electrons. The van der Waals surface area contributed by atoms with Crippen LogP contribution in [0.5, 0.6) is 5.75 Å². The summed E-state index contributed by atoms with van der Waals surface area (Å²) in [6, 6.07) is 14.2. The van der Waals surface area contributed by atoms with Gasteiger partial charge in [-0.05, 0) is 79.6 Å². The lowest BCUT2D eigenvalue weighted by molar-refractivity contribution is 0.0604.